The summed E-state index contributed by atoms with van der Waals surface area (Å²) in [4.78, 5) is 31.6. The van der Waals surface area contributed by atoms with Crippen molar-refractivity contribution >= 4 is 110 Å². The Morgan fingerprint density at radius 2 is 0.718 bits per heavy atom. The zero-order valence-corrected chi connectivity index (χ0v) is 67.1. The van der Waals surface area contributed by atoms with Crippen molar-refractivity contribution in [3.8, 4) is 57.5 Å². The molecular formula is C100H99NO9. The summed E-state index contributed by atoms with van der Waals surface area (Å²) in [6.07, 6.45) is 5.02. The lowest BCUT2D eigenvalue weighted by molar-refractivity contribution is 0.0390. The number of hydrogen-bond donors (Lipinski definition) is 0. The highest BCUT2D eigenvalue weighted by Crippen LogP contribution is 2.58. The lowest BCUT2D eigenvalue weighted by Gasteiger charge is -2.33. The standard InChI is InChI=1S/C100H99NO9/c1-58(2)54-98(13,14)61-23-35-69(36-24-61)106-80-50-49-72-79(101(64-29-41-66(104-19)42-30-64)65-31-43-67(105-20)44-32-65)53-83(109-71-39-27-63(28-40-71)100(17,18)57-97(10,11)12)88-74-46-48-76-85-75(47-45-73(84(74)85)87(80)91(72)88)89-81(107-68-33-21-60(22-34-68)59(3)55-95(4,5)6)51-77-86-78(94(103)110-93(77)102)52-82(90(76)92(86)89)108-70-37-25-62(26-38-70)99(15,16)56-96(7,8)9/h21-53,55H,1,54,56-57H2,2-20H3/b59-55+. The Labute approximate surface area is 646 Å². The summed E-state index contributed by atoms with van der Waals surface area (Å²) in [7, 11) is 3.36. The first kappa shape index (κ1) is 74.1. The fourth-order valence-corrected chi connectivity index (χ4v) is 18.0. The van der Waals surface area contributed by atoms with Crippen LogP contribution in [0, 0.1) is 16.2 Å². The molecule has 15 rings (SSSR count). The van der Waals surface area contributed by atoms with Crippen molar-refractivity contribution < 1.29 is 42.7 Å². The van der Waals surface area contributed by atoms with Gasteiger partial charge in [-0.15, -0.1) is 6.58 Å². The number of carbonyl (C=O) groups is 2. The third-order valence-electron chi connectivity index (χ3n) is 21.8. The van der Waals surface area contributed by atoms with Gasteiger partial charge in [0.2, 0.25) is 0 Å². The molecule has 0 bridgehead atoms. The number of nitrogens with zero attached hydrogens (tertiary/aromatic N) is 1. The number of ether oxygens (including phenoxy) is 7. The largest absolute Gasteiger partial charge is 0.497 e. The van der Waals surface area contributed by atoms with Crippen molar-refractivity contribution in [1.82, 2.24) is 0 Å². The molecule has 1 heterocycles. The molecular weight excluding hydrogens is 1360 g/mol. The van der Waals surface area contributed by atoms with Gasteiger partial charge in [-0.05, 0) is 247 Å². The van der Waals surface area contributed by atoms with Gasteiger partial charge in [0.05, 0.1) is 31.0 Å². The van der Waals surface area contributed by atoms with Crippen molar-refractivity contribution in [2.75, 3.05) is 19.1 Å². The zero-order valence-electron chi connectivity index (χ0n) is 67.1. The predicted octanol–water partition coefficient (Wildman–Crippen LogP) is 28.7. The molecule has 10 heteroatoms. The first-order chi connectivity index (χ1) is 52.0. The SMILES string of the molecule is C=C(C)CC(C)(C)c1ccc(Oc2ccc3c(N(c4ccc(OC)cc4)c4ccc(OC)cc4)cc(Oc4ccc(C(C)(C)CC(C)(C)C)cc4)c4c5ccc6c7c(Oc8ccc(C(C)(C)CC(C)(C)C)cc8)cc8c9c(cc(Oc%10ccc(/C(C)=C/C(C)(C)C)cc%10)c(c%10ccc(c2c34)c5c%106)c97)C(=O)OC8=O)cc1. The van der Waals surface area contributed by atoms with E-state index in [2.05, 4.69) is 275 Å². The van der Waals surface area contributed by atoms with Crippen LogP contribution >= 0.6 is 0 Å². The van der Waals surface area contributed by atoms with Crippen LogP contribution in [0.5, 0.6) is 57.5 Å². The van der Waals surface area contributed by atoms with Gasteiger partial charge in [0.1, 0.15) is 57.5 Å². The van der Waals surface area contributed by atoms with Crippen LogP contribution in [0.25, 0.3) is 81.0 Å². The number of hydrogen-bond acceptors (Lipinski definition) is 10. The molecule has 0 atom stereocenters. The predicted molar refractivity (Wildman–Crippen MR) is 455 cm³/mol. The van der Waals surface area contributed by atoms with Crippen LogP contribution in [0.2, 0.25) is 0 Å². The summed E-state index contributed by atoms with van der Waals surface area (Å²) in [5.41, 5.74) is 9.51. The molecule has 558 valence electrons. The molecule has 0 spiro atoms. The summed E-state index contributed by atoms with van der Waals surface area (Å²) >= 11 is 0. The van der Waals surface area contributed by atoms with Crippen molar-refractivity contribution in [2.45, 2.75) is 153 Å². The molecule has 0 saturated carbocycles. The second kappa shape index (κ2) is 27.3. The fourth-order valence-electron chi connectivity index (χ4n) is 18.0. The molecule has 0 radical (unpaired) electrons. The minimum Gasteiger partial charge on any atom is -0.497 e. The Kier molecular flexibility index (Phi) is 18.4. The lowest BCUT2D eigenvalue weighted by atomic mass is 9.72. The third kappa shape index (κ3) is 14.0. The number of fused-ring (bicyclic) bond motifs is 4. The Morgan fingerprint density at radius 3 is 1.10 bits per heavy atom. The maximum Gasteiger partial charge on any atom is 0.346 e. The molecule has 1 aliphatic rings. The van der Waals surface area contributed by atoms with E-state index in [1.54, 1.807) is 26.4 Å². The maximum atomic E-state index is 14.7. The van der Waals surface area contributed by atoms with Gasteiger partial charge < -0.3 is 38.1 Å². The van der Waals surface area contributed by atoms with Gasteiger partial charge in [-0.2, -0.15) is 0 Å². The zero-order chi connectivity index (χ0) is 78.1. The van der Waals surface area contributed by atoms with Gasteiger partial charge >= 0.3 is 11.9 Å². The number of cyclic esters (lactones) is 2. The molecule has 0 amide bonds. The van der Waals surface area contributed by atoms with Gasteiger partial charge in [-0.25, -0.2) is 9.59 Å². The van der Waals surface area contributed by atoms with E-state index in [0.717, 1.165) is 118 Å². The van der Waals surface area contributed by atoms with Crippen molar-refractivity contribution in [2.24, 2.45) is 16.2 Å². The number of carbonyl (C=O) groups excluding carboxylic acids is 2. The fraction of sp³-hybridized carbons (Fsp3) is 0.280. The minimum atomic E-state index is -0.767. The van der Waals surface area contributed by atoms with Crippen molar-refractivity contribution in [1.29, 1.82) is 0 Å². The number of esters is 2. The van der Waals surface area contributed by atoms with Crippen LogP contribution in [0.1, 0.15) is 180 Å². The molecule has 10 nitrogen and oxygen atoms in total. The third-order valence-corrected chi connectivity index (χ3v) is 21.8. The second-order valence-electron chi connectivity index (χ2n) is 35.9. The molecule has 110 heavy (non-hydrogen) atoms. The minimum absolute atomic E-state index is 0.0463. The quantitative estimate of drug-likeness (QED) is 0.0227. The molecule has 0 fully saturated rings. The average Bonchev–Trinajstić information content (AvgIpc) is 0.674. The molecule has 14 aromatic carbocycles. The maximum absolute atomic E-state index is 14.7. The van der Waals surface area contributed by atoms with Crippen molar-refractivity contribution in [3.63, 3.8) is 0 Å². The van der Waals surface area contributed by atoms with Gasteiger partial charge in [0.25, 0.3) is 0 Å². The van der Waals surface area contributed by atoms with Crippen LogP contribution < -0.4 is 33.3 Å². The smallest absolute Gasteiger partial charge is 0.346 e. The summed E-state index contributed by atoms with van der Waals surface area (Å²) in [5, 5.41) is 11.2. The molecule has 0 N–H and O–H groups in total. The average molecular weight is 1460 g/mol. The van der Waals surface area contributed by atoms with Gasteiger partial charge in [-0.3, -0.25) is 0 Å². The summed E-state index contributed by atoms with van der Waals surface area (Å²) < 4.78 is 47.1. The number of anilines is 3. The Hall–Kier alpha value is -11.4. The highest BCUT2D eigenvalue weighted by Gasteiger charge is 2.37. The topological polar surface area (TPSA) is 102 Å². The monoisotopic (exact) mass is 1460 g/mol. The Bertz CT molecular complexity index is 5930. The lowest BCUT2D eigenvalue weighted by Crippen LogP contribution is -2.24. The highest BCUT2D eigenvalue weighted by atomic mass is 16.6. The van der Waals surface area contributed by atoms with Crippen LogP contribution in [-0.2, 0) is 21.0 Å². The molecule has 14 aromatic rings. The van der Waals surface area contributed by atoms with E-state index >= 15 is 0 Å². The summed E-state index contributed by atoms with van der Waals surface area (Å²) in [6, 6.07) is 68.5. The Morgan fingerprint density at radius 1 is 0.373 bits per heavy atom. The van der Waals surface area contributed by atoms with Gasteiger partial charge in [0.15, 0.2) is 0 Å². The first-order valence-electron chi connectivity index (χ1n) is 38.3. The number of benzene rings is 14. The van der Waals surface area contributed by atoms with E-state index in [1.807, 2.05) is 48.5 Å². The van der Waals surface area contributed by atoms with Crippen LogP contribution in [0.4, 0.5) is 17.1 Å². The van der Waals surface area contributed by atoms with E-state index in [-0.39, 0.29) is 43.6 Å². The van der Waals surface area contributed by atoms with E-state index < -0.39 is 11.9 Å². The number of methoxy groups -OCH3 is 2. The molecule has 1 aliphatic heterocycles. The van der Waals surface area contributed by atoms with Gasteiger partial charge in [-0.1, -0.05) is 188 Å². The molecule has 0 aromatic heterocycles. The van der Waals surface area contributed by atoms with E-state index in [0.29, 0.717) is 67.5 Å². The van der Waals surface area contributed by atoms with E-state index in [1.165, 1.54) is 16.7 Å². The summed E-state index contributed by atoms with van der Waals surface area (Å²) in [5.74, 6) is 4.36. The first-order valence-corrected chi connectivity index (χ1v) is 38.3. The molecule has 0 saturated heterocycles. The molecule has 0 aliphatic carbocycles. The van der Waals surface area contributed by atoms with Crippen LogP contribution in [-0.4, -0.2) is 26.2 Å². The van der Waals surface area contributed by atoms with E-state index in [9.17, 15) is 9.59 Å². The van der Waals surface area contributed by atoms with Crippen molar-refractivity contribution in [3.05, 3.63) is 252 Å². The van der Waals surface area contributed by atoms with Crippen LogP contribution in [0.15, 0.2) is 218 Å². The Balaban J connectivity index is 1.08. The summed E-state index contributed by atoms with van der Waals surface area (Å²) in [6.45, 7) is 42.5. The normalized spacial score (nSPS) is 13.4. The molecule has 0 unspecified atom stereocenters. The van der Waals surface area contributed by atoms with Crippen LogP contribution in [0.3, 0.4) is 0 Å². The van der Waals surface area contributed by atoms with E-state index in [4.69, 9.17) is 33.2 Å². The van der Waals surface area contributed by atoms with Gasteiger partial charge in [0, 0.05) is 60.5 Å². The second-order valence-corrected chi connectivity index (χ2v) is 35.9. The number of rotatable bonds is 21. The number of allylic oxidation sites excluding steroid dienone is 3. The highest BCUT2D eigenvalue weighted by molar-refractivity contribution is 6.46.